The normalized spacial score (nSPS) is 14.6. The van der Waals surface area contributed by atoms with Crippen LogP contribution in [0.5, 0.6) is 5.75 Å². The molecule has 0 unspecified atom stereocenters. The lowest BCUT2D eigenvalue weighted by molar-refractivity contribution is 0.0633. The predicted octanol–water partition coefficient (Wildman–Crippen LogP) is 5.21. The molecule has 31 heavy (non-hydrogen) atoms. The molecule has 2 heterocycles. The van der Waals surface area contributed by atoms with Crippen LogP contribution in [0.4, 0.5) is 0 Å². The summed E-state index contributed by atoms with van der Waals surface area (Å²) >= 11 is 1.51. The molecule has 0 N–H and O–H groups in total. The number of hydrogen-bond donors (Lipinski definition) is 0. The zero-order valence-corrected chi connectivity index (χ0v) is 19.4. The average Bonchev–Trinajstić information content (AvgIpc) is 3.22. The summed E-state index contributed by atoms with van der Waals surface area (Å²) in [6, 6.07) is 16.9. The first-order valence-corrected chi connectivity index (χ1v) is 11.7. The molecular weight excluding hydrogens is 404 g/mol. The van der Waals surface area contributed by atoms with Crippen LogP contribution in [0.15, 0.2) is 53.9 Å². The Morgan fingerprint density at radius 2 is 1.55 bits per heavy atom. The summed E-state index contributed by atoms with van der Waals surface area (Å²) < 4.78 is 5.95. The molecule has 3 aromatic rings. The number of carbonyl (C=O) groups excluding carboxylic acids is 1. The van der Waals surface area contributed by atoms with Gasteiger partial charge in [0.1, 0.15) is 12.4 Å². The van der Waals surface area contributed by atoms with Gasteiger partial charge in [0, 0.05) is 38.3 Å². The van der Waals surface area contributed by atoms with Gasteiger partial charge in [0.05, 0.1) is 4.88 Å². The Morgan fingerprint density at radius 1 is 0.871 bits per heavy atom. The summed E-state index contributed by atoms with van der Waals surface area (Å²) in [5.74, 6) is 1.01. The van der Waals surface area contributed by atoms with E-state index in [0.29, 0.717) is 6.61 Å². The largest absolute Gasteiger partial charge is 0.489 e. The van der Waals surface area contributed by atoms with Crippen LogP contribution in [-0.2, 0) is 13.2 Å². The molecule has 1 aromatic heterocycles. The summed E-state index contributed by atoms with van der Waals surface area (Å²) in [6.07, 6.45) is 0. The summed E-state index contributed by atoms with van der Waals surface area (Å²) in [7, 11) is 0. The number of hydrogen-bond acceptors (Lipinski definition) is 4. The van der Waals surface area contributed by atoms with Gasteiger partial charge in [-0.1, -0.05) is 35.9 Å². The monoisotopic (exact) mass is 434 g/mol. The summed E-state index contributed by atoms with van der Waals surface area (Å²) in [4.78, 5) is 18.2. The van der Waals surface area contributed by atoms with Crippen molar-refractivity contribution < 1.29 is 9.53 Å². The number of ether oxygens (including phenoxy) is 1. The fourth-order valence-corrected chi connectivity index (χ4v) is 4.83. The first kappa shape index (κ1) is 21.6. The van der Waals surface area contributed by atoms with Crippen LogP contribution in [0.3, 0.4) is 0 Å². The third-order valence-corrected chi connectivity index (χ3v) is 6.62. The van der Waals surface area contributed by atoms with Crippen molar-refractivity contribution in [3.05, 3.63) is 86.6 Å². The highest BCUT2D eigenvalue weighted by atomic mass is 32.1. The Morgan fingerprint density at radius 3 is 2.23 bits per heavy atom. The number of piperazine rings is 1. The highest BCUT2D eigenvalue weighted by Gasteiger charge is 2.23. The Kier molecular flexibility index (Phi) is 6.73. The molecule has 0 bridgehead atoms. The van der Waals surface area contributed by atoms with Crippen molar-refractivity contribution in [3.8, 4) is 5.75 Å². The third kappa shape index (κ3) is 5.75. The summed E-state index contributed by atoms with van der Waals surface area (Å²) in [6.45, 7) is 11.1. The van der Waals surface area contributed by atoms with Gasteiger partial charge in [-0.25, -0.2) is 0 Å². The highest BCUT2D eigenvalue weighted by molar-refractivity contribution is 7.12. The van der Waals surface area contributed by atoms with Gasteiger partial charge in [-0.3, -0.25) is 9.69 Å². The standard InChI is InChI=1S/C26H30N2O2S/c1-19-4-6-22(7-5-19)16-27-8-10-28(11-9-27)26(29)25-15-23(18-31-25)17-30-24-13-20(2)12-21(3)14-24/h4-7,12-15,18H,8-11,16-17H2,1-3H3. The first-order chi connectivity index (χ1) is 15.0. The van der Waals surface area contributed by atoms with E-state index in [1.807, 2.05) is 28.5 Å². The minimum absolute atomic E-state index is 0.137. The van der Waals surface area contributed by atoms with Crippen molar-refractivity contribution in [2.45, 2.75) is 33.9 Å². The van der Waals surface area contributed by atoms with E-state index in [9.17, 15) is 4.79 Å². The number of carbonyl (C=O) groups is 1. The van der Waals surface area contributed by atoms with Crippen LogP contribution < -0.4 is 4.74 Å². The topological polar surface area (TPSA) is 32.8 Å². The van der Waals surface area contributed by atoms with Gasteiger partial charge in [0.25, 0.3) is 5.91 Å². The van der Waals surface area contributed by atoms with Crippen molar-refractivity contribution in [1.29, 1.82) is 0 Å². The van der Waals surface area contributed by atoms with E-state index in [4.69, 9.17) is 4.74 Å². The van der Waals surface area contributed by atoms with Gasteiger partial charge in [0.2, 0.25) is 0 Å². The molecule has 4 rings (SSSR count). The number of amides is 1. The van der Waals surface area contributed by atoms with Crippen molar-refractivity contribution in [1.82, 2.24) is 9.80 Å². The molecule has 0 spiro atoms. The van der Waals surface area contributed by atoms with Crippen LogP contribution in [-0.4, -0.2) is 41.9 Å². The van der Waals surface area contributed by atoms with E-state index in [-0.39, 0.29) is 5.91 Å². The maximum atomic E-state index is 13.0. The molecule has 2 aromatic carbocycles. The Hall–Kier alpha value is -2.63. The van der Waals surface area contributed by atoms with E-state index < -0.39 is 0 Å². The minimum Gasteiger partial charge on any atom is -0.489 e. The molecule has 0 aliphatic carbocycles. The molecule has 0 saturated carbocycles. The highest BCUT2D eigenvalue weighted by Crippen LogP contribution is 2.22. The quantitative estimate of drug-likeness (QED) is 0.534. The number of rotatable bonds is 6. The second-order valence-electron chi connectivity index (χ2n) is 8.49. The third-order valence-electron chi connectivity index (χ3n) is 5.65. The van der Waals surface area contributed by atoms with Gasteiger partial charge in [-0.15, -0.1) is 11.3 Å². The Balaban J connectivity index is 1.28. The second kappa shape index (κ2) is 9.67. The van der Waals surface area contributed by atoms with Gasteiger partial charge in [0.15, 0.2) is 0 Å². The molecule has 0 atom stereocenters. The van der Waals surface area contributed by atoms with Crippen LogP contribution in [0, 0.1) is 20.8 Å². The molecule has 162 valence electrons. The number of thiophene rings is 1. The molecule has 5 heteroatoms. The summed E-state index contributed by atoms with van der Waals surface area (Å²) in [5.41, 5.74) is 6.05. The van der Waals surface area contributed by atoms with Crippen molar-refractivity contribution in [2.24, 2.45) is 0 Å². The zero-order valence-electron chi connectivity index (χ0n) is 18.6. The van der Waals surface area contributed by atoms with Gasteiger partial charge in [-0.2, -0.15) is 0 Å². The van der Waals surface area contributed by atoms with E-state index in [1.165, 1.54) is 33.6 Å². The number of benzene rings is 2. The number of nitrogens with zero attached hydrogens (tertiary/aromatic N) is 2. The average molecular weight is 435 g/mol. The molecule has 1 saturated heterocycles. The van der Waals surface area contributed by atoms with Crippen LogP contribution in [0.2, 0.25) is 0 Å². The van der Waals surface area contributed by atoms with E-state index in [2.05, 4.69) is 56.0 Å². The lowest BCUT2D eigenvalue weighted by Gasteiger charge is -2.34. The first-order valence-electron chi connectivity index (χ1n) is 10.8. The van der Waals surface area contributed by atoms with Gasteiger partial charge < -0.3 is 9.64 Å². The minimum atomic E-state index is 0.137. The fourth-order valence-electron chi connectivity index (χ4n) is 3.96. The lowest BCUT2D eigenvalue weighted by atomic mass is 10.1. The lowest BCUT2D eigenvalue weighted by Crippen LogP contribution is -2.48. The second-order valence-corrected chi connectivity index (χ2v) is 9.40. The van der Waals surface area contributed by atoms with E-state index >= 15 is 0 Å². The zero-order chi connectivity index (χ0) is 21.8. The fraction of sp³-hybridized carbons (Fsp3) is 0.346. The van der Waals surface area contributed by atoms with Crippen LogP contribution >= 0.6 is 11.3 Å². The smallest absolute Gasteiger partial charge is 0.264 e. The van der Waals surface area contributed by atoms with Crippen molar-refractivity contribution >= 4 is 17.2 Å². The van der Waals surface area contributed by atoms with E-state index in [1.54, 1.807) is 0 Å². The number of aryl methyl sites for hydroxylation is 3. The molecule has 0 radical (unpaired) electrons. The molecular formula is C26H30N2O2S. The SMILES string of the molecule is Cc1ccc(CN2CCN(C(=O)c3cc(COc4cc(C)cc(C)c4)cs3)CC2)cc1. The Labute approximate surface area is 189 Å². The molecule has 1 amide bonds. The van der Waals surface area contributed by atoms with Crippen LogP contribution in [0.1, 0.15) is 37.5 Å². The molecule has 1 aliphatic heterocycles. The van der Waals surface area contributed by atoms with E-state index in [0.717, 1.165) is 48.9 Å². The van der Waals surface area contributed by atoms with Gasteiger partial charge in [-0.05, 0) is 61.0 Å². The maximum Gasteiger partial charge on any atom is 0.264 e. The molecule has 1 fully saturated rings. The van der Waals surface area contributed by atoms with Crippen molar-refractivity contribution in [3.63, 3.8) is 0 Å². The molecule has 1 aliphatic rings. The summed E-state index contributed by atoms with van der Waals surface area (Å²) in [5, 5.41) is 2.03. The maximum absolute atomic E-state index is 13.0. The van der Waals surface area contributed by atoms with Crippen LogP contribution in [0.25, 0.3) is 0 Å². The predicted molar refractivity (Wildman–Crippen MR) is 127 cm³/mol. The molecule has 4 nitrogen and oxygen atoms in total. The van der Waals surface area contributed by atoms with Gasteiger partial charge >= 0.3 is 0 Å². The Bertz CT molecular complexity index is 1010. The van der Waals surface area contributed by atoms with Crippen molar-refractivity contribution in [2.75, 3.05) is 26.2 Å².